The molecule has 3 heteroatoms. The molecular weight excluding hydrogens is 246 g/mol. The number of hydrogen-bond donors (Lipinski definition) is 0. The monoisotopic (exact) mass is 253 g/mol. The zero-order chi connectivity index (χ0) is 9.26. The third-order valence-corrected chi connectivity index (χ3v) is 3.19. The summed E-state index contributed by atoms with van der Waals surface area (Å²) >= 11 is 4.96. The van der Waals surface area contributed by atoms with E-state index in [4.69, 9.17) is 0 Å². The lowest BCUT2D eigenvalue weighted by atomic mass is 10.1. The molecule has 1 nitrogen and oxygen atoms in total. The molecule has 0 unspecified atom stereocenters. The highest BCUT2D eigenvalue weighted by atomic mass is 79.9. The summed E-state index contributed by atoms with van der Waals surface area (Å²) in [5.74, 6) is 0. The fourth-order valence-corrected chi connectivity index (χ4v) is 2.13. The molecular formula is C10H8BrNS. The Balaban J connectivity index is 2.41. The standard InChI is InChI=1S/C10H8BrNS/c1-7-2-4-8(5-3-7)9-6-13-10(11)12-9/h2-6H,1H3. The molecule has 0 spiro atoms. The van der Waals surface area contributed by atoms with E-state index in [0.29, 0.717) is 0 Å². The molecule has 0 radical (unpaired) electrons. The molecule has 0 aliphatic carbocycles. The first-order valence-electron chi connectivity index (χ1n) is 3.94. The molecule has 0 aliphatic rings. The highest BCUT2D eigenvalue weighted by Crippen LogP contribution is 2.24. The molecule has 0 fully saturated rings. The largest absolute Gasteiger partial charge is 0.229 e. The second-order valence-electron chi connectivity index (χ2n) is 2.85. The molecule has 66 valence electrons. The van der Waals surface area contributed by atoms with E-state index in [0.717, 1.165) is 9.61 Å². The molecule has 1 heterocycles. The Kier molecular flexibility index (Phi) is 2.47. The van der Waals surface area contributed by atoms with Gasteiger partial charge in [0.05, 0.1) is 5.69 Å². The lowest BCUT2D eigenvalue weighted by molar-refractivity contribution is 1.36. The van der Waals surface area contributed by atoms with Gasteiger partial charge in [-0.15, -0.1) is 11.3 Å². The van der Waals surface area contributed by atoms with Gasteiger partial charge in [-0.1, -0.05) is 29.8 Å². The molecule has 1 aromatic heterocycles. The first-order valence-corrected chi connectivity index (χ1v) is 5.61. The maximum Gasteiger partial charge on any atom is 0.159 e. The average molecular weight is 254 g/mol. The van der Waals surface area contributed by atoms with E-state index in [2.05, 4.69) is 57.5 Å². The van der Waals surface area contributed by atoms with Gasteiger partial charge in [-0.25, -0.2) is 4.98 Å². The summed E-state index contributed by atoms with van der Waals surface area (Å²) in [5.41, 5.74) is 3.49. The number of thiazole rings is 1. The molecule has 0 atom stereocenters. The Morgan fingerprint density at radius 3 is 2.46 bits per heavy atom. The molecule has 0 aliphatic heterocycles. The summed E-state index contributed by atoms with van der Waals surface area (Å²) in [6.07, 6.45) is 0. The number of aryl methyl sites for hydroxylation is 1. The van der Waals surface area contributed by atoms with Gasteiger partial charge in [-0.2, -0.15) is 0 Å². The molecule has 0 saturated carbocycles. The van der Waals surface area contributed by atoms with Crippen molar-refractivity contribution in [2.75, 3.05) is 0 Å². The zero-order valence-corrected chi connectivity index (χ0v) is 9.52. The van der Waals surface area contributed by atoms with Gasteiger partial charge in [0.15, 0.2) is 3.92 Å². The van der Waals surface area contributed by atoms with Gasteiger partial charge in [0.25, 0.3) is 0 Å². The number of nitrogens with zero attached hydrogens (tertiary/aromatic N) is 1. The smallest absolute Gasteiger partial charge is 0.159 e. The number of hydrogen-bond acceptors (Lipinski definition) is 2. The molecule has 13 heavy (non-hydrogen) atoms. The maximum atomic E-state index is 4.35. The van der Waals surface area contributed by atoms with Gasteiger partial charge in [-0.3, -0.25) is 0 Å². The molecule has 0 bridgehead atoms. The van der Waals surface area contributed by atoms with Crippen LogP contribution in [0.15, 0.2) is 33.6 Å². The maximum absolute atomic E-state index is 4.35. The first-order chi connectivity index (χ1) is 6.25. The topological polar surface area (TPSA) is 12.9 Å². The molecule has 0 saturated heterocycles. The van der Waals surface area contributed by atoms with E-state index in [1.54, 1.807) is 11.3 Å². The second kappa shape index (κ2) is 3.60. The lowest BCUT2D eigenvalue weighted by Gasteiger charge is -1.96. The van der Waals surface area contributed by atoms with Crippen molar-refractivity contribution in [2.45, 2.75) is 6.92 Å². The third kappa shape index (κ3) is 1.98. The Morgan fingerprint density at radius 1 is 1.23 bits per heavy atom. The van der Waals surface area contributed by atoms with Crippen molar-refractivity contribution >= 4 is 27.3 Å². The van der Waals surface area contributed by atoms with Crippen molar-refractivity contribution in [1.82, 2.24) is 4.98 Å². The van der Waals surface area contributed by atoms with Crippen molar-refractivity contribution in [3.63, 3.8) is 0 Å². The first kappa shape index (κ1) is 8.91. The van der Waals surface area contributed by atoms with Gasteiger partial charge in [0.2, 0.25) is 0 Å². The van der Waals surface area contributed by atoms with Gasteiger partial charge < -0.3 is 0 Å². The normalized spacial score (nSPS) is 10.3. The van der Waals surface area contributed by atoms with Gasteiger partial charge in [-0.05, 0) is 22.9 Å². The van der Waals surface area contributed by atoms with Gasteiger partial charge >= 0.3 is 0 Å². The van der Waals surface area contributed by atoms with Gasteiger partial charge in [0, 0.05) is 10.9 Å². The van der Waals surface area contributed by atoms with Crippen LogP contribution in [0.25, 0.3) is 11.3 Å². The van der Waals surface area contributed by atoms with Crippen LogP contribution < -0.4 is 0 Å². The summed E-state index contributed by atoms with van der Waals surface area (Å²) in [6.45, 7) is 2.08. The summed E-state index contributed by atoms with van der Waals surface area (Å²) in [4.78, 5) is 4.35. The van der Waals surface area contributed by atoms with Crippen LogP contribution in [0.1, 0.15) is 5.56 Å². The van der Waals surface area contributed by atoms with Crippen LogP contribution in [0.4, 0.5) is 0 Å². The highest BCUT2D eigenvalue weighted by Gasteiger charge is 2.01. The van der Waals surface area contributed by atoms with Crippen LogP contribution in [-0.4, -0.2) is 4.98 Å². The molecule has 1 aromatic carbocycles. The summed E-state index contributed by atoms with van der Waals surface area (Å²) in [5, 5.41) is 2.05. The minimum Gasteiger partial charge on any atom is -0.229 e. The molecule has 2 aromatic rings. The van der Waals surface area contributed by atoms with Crippen LogP contribution >= 0.6 is 27.3 Å². The number of benzene rings is 1. The van der Waals surface area contributed by atoms with Crippen molar-refractivity contribution in [1.29, 1.82) is 0 Å². The third-order valence-electron chi connectivity index (χ3n) is 1.82. The summed E-state index contributed by atoms with van der Waals surface area (Å²) in [6, 6.07) is 8.39. The molecule has 0 amide bonds. The Hall–Kier alpha value is -0.670. The van der Waals surface area contributed by atoms with Crippen molar-refractivity contribution < 1.29 is 0 Å². The minimum atomic E-state index is 0.933. The molecule has 0 N–H and O–H groups in total. The van der Waals surface area contributed by atoms with Crippen LogP contribution in [0.5, 0.6) is 0 Å². The van der Waals surface area contributed by atoms with E-state index in [9.17, 15) is 0 Å². The van der Waals surface area contributed by atoms with Crippen LogP contribution in [0.3, 0.4) is 0 Å². The van der Waals surface area contributed by atoms with Gasteiger partial charge in [0.1, 0.15) is 0 Å². The fraction of sp³-hybridized carbons (Fsp3) is 0.100. The average Bonchev–Trinajstić information content (AvgIpc) is 2.53. The van der Waals surface area contributed by atoms with E-state index in [1.807, 2.05) is 0 Å². The van der Waals surface area contributed by atoms with Crippen LogP contribution in [-0.2, 0) is 0 Å². The Labute approximate surface area is 89.6 Å². The minimum absolute atomic E-state index is 0.933. The van der Waals surface area contributed by atoms with Crippen LogP contribution in [0, 0.1) is 6.92 Å². The number of halogens is 1. The van der Waals surface area contributed by atoms with E-state index in [-0.39, 0.29) is 0 Å². The van der Waals surface area contributed by atoms with Crippen molar-refractivity contribution in [3.8, 4) is 11.3 Å². The SMILES string of the molecule is Cc1ccc(-c2csc(Br)n2)cc1. The highest BCUT2D eigenvalue weighted by molar-refractivity contribution is 9.11. The predicted octanol–water partition coefficient (Wildman–Crippen LogP) is 3.88. The van der Waals surface area contributed by atoms with E-state index in [1.165, 1.54) is 11.1 Å². The number of aromatic nitrogens is 1. The summed E-state index contributed by atoms with van der Waals surface area (Å²) in [7, 11) is 0. The van der Waals surface area contributed by atoms with E-state index >= 15 is 0 Å². The van der Waals surface area contributed by atoms with Crippen LogP contribution in [0.2, 0.25) is 0 Å². The summed E-state index contributed by atoms with van der Waals surface area (Å²) < 4.78 is 0.933. The fourth-order valence-electron chi connectivity index (χ4n) is 1.11. The Morgan fingerprint density at radius 2 is 1.92 bits per heavy atom. The quantitative estimate of drug-likeness (QED) is 0.752. The lowest BCUT2D eigenvalue weighted by Crippen LogP contribution is -1.77. The zero-order valence-electron chi connectivity index (χ0n) is 7.12. The van der Waals surface area contributed by atoms with Crippen molar-refractivity contribution in [2.24, 2.45) is 0 Å². The van der Waals surface area contributed by atoms with Crippen molar-refractivity contribution in [3.05, 3.63) is 39.1 Å². The van der Waals surface area contributed by atoms with E-state index < -0.39 is 0 Å². The Bertz CT molecular complexity index is 405. The molecule has 2 rings (SSSR count). The number of rotatable bonds is 1. The predicted molar refractivity (Wildman–Crippen MR) is 60.0 cm³/mol. The second-order valence-corrected chi connectivity index (χ2v) is 4.99.